The third-order valence-electron chi connectivity index (χ3n) is 0. The highest BCUT2D eigenvalue weighted by Gasteiger charge is 1.34. The molecule has 0 saturated carbocycles. The molecule has 0 unspecified atom stereocenters. The van der Waals surface area contributed by atoms with Crippen molar-refractivity contribution in [3.8, 4) is 0 Å². The van der Waals surface area contributed by atoms with E-state index in [1.165, 1.54) is 0 Å². The van der Waals surface area contributed by atoms with Gasteiger partial charge in [0.15, 0.2) is 0 Å². The van der Waals surface area contributed by atoms with Crippen LogP contribution in [0.1, 0.15) is 8.35 Å². The molecule has 0 spiro atoms. The van der Waals surface area contributed by atoms with Gasteiger partial charge < -0.3 is 5.11 Å². The second-order valence-corrected chi connectivity index (χ2v) is 0.316. The van der Waals surface area contributed by atoms with Crippen LogP contribution in [0.3, 0.4) is 0 Å². The van der Waals surface area contributed by atoms with Gasteiger partial charge in [-0.3, -0.25) is 0 Å². The van der Waals surface area contributed by atoms with E-state index < -0.39 is 0 Å². The number of aliphatic hydroxyl groups excluding tert-OH is 1. The van der Waals surface area contributed by atoms with E-state index in [0.717, 1.165) is 0 Å². The fourth-order valence-electron chi connectivity index (χ4n) is 0. The summed E-state index contributed by atoms with van der Waals surface area (Å²) in [5, 5.41) is 7.57. The van der Waals surface area contributed by atoms with Crippen molar-refractivity contribution in [2.24, 2.45) is 0 Å². The summed E-state index contributed by atoms with van der Waals surface area (Å²) in [5.74, 6) is 0. The highest BCUT2D eigenvalue weighted by atomic mass is 16.2. The molecule has 1 N–H and O–H groups in total. The van der Waals surface area contributed by atoms with E-state index in [0.29, 0.717) is 0 Å². The number of rotatable bonds is 0. The zero-order valence-corrected chi connectivity index (χ0v) is 2.73. The molecule has 3 radical (unpaired) electrons. The average molecular weight is 58.9 g/mol. The normalized spacial score (nSPS) is 4.50. The molecule has 0 bridgehead atoms. The van der Waals surface area contributed by atoms with Gasteiger partial charge in [-0.15, -0.1) is 0 Å². The lowest BCUT2D eigenvalue weighted by molar-refractivity contribution is 0.318. The maximum Gasteiger partial charge on any atom is 0.0402 e. The third kappa shape index (κ3) is 3420. The Morgan fingerprint density at radius 2 is 2.00 bits per heavy atom. The van der Waals surface area contributed by atoms with Crippen LogP contribution in [0.15, 0.2) is 0 Å². The second-order valence-electron chi connectivity index (χ2n) is 0.316. The lowest BCUT2D eigenvalue weighted by atomic mass is 10.8. The van der Waals surface area contributed by atoms with E-state index in [9.17, 15) is 0 Å². The molecule has 0 aliphatic rings. The molecule has 0 heterocycles. The standard InChI is InChI=1S/C2H6O.B.H2/c1-2-3;;/h3H,2H2,1H3;;1H. The average Bonchev–Trinajstić information content (AvgIpc) is 0.918. The number of hydrogen-bond acceptors (Lipinski definition) is 1. The minimum absolute atomic E-state index is 0. The molecule has 0 atom stereocenters. The Morgan fingerprint density at radius 3 is 2.00 bits per heavy atom. The lowest BCUT2D eigenvalue weighted by Gasteiger charge is -1.52. The quantitative estimate of drug-likeness (QED) is 0.385. The summed E-state index contributed by atoms with van der Waals surface area (Å²) < 4.78 is 0. The summed E-state index contributed by atoms with van der Waals surface area (Å²) in [6, 6.07) is 0. The largest absolute Gasteiger partial charge is 0.397 e. The van der Waals surface area contributed by atoms with Crippen LogP contribution in [0.2, 0.25) is 0 Å². The van der Waals surface area contributed by atoms with Gasteiger partial charge in [-0.2, -0.15) is 0 Å². The minimum Gasteiger partial charge on any atom is -0.397 e. The summed E-state index contributed by atoms with van der Waals surface area (Å²) in [4.78, 5) is 0. The van der Waals surface area contributed by atoms with Gasteiger partial charge in [-0.25, -0.2) is 0 Å². The molecule has 1 nitrogen and oxygen atoms in total. The molecule has 0 rings (SSSR count). The van der Waals surface area contributed by atoms with Crippen LogP contribution in [0.25, 0.3) is 0 Å². The van der Waals surface area contributed by atoms with Crippen molar-refractivity contribution in [1.29, 1.82) is 0 Å². The van der Waals surface area contributed by atoms with Gasteiger partial charge in [0, 0.05) is 16.4 Å². The summed E-state index contributed by atoms with van der Waals surface area (Å²) in [7, 11) is 0. The van der Waals surface area contributed by atoms with Gasteiger partial charge in [0.05, 0.1) is 0 Å². The first-order valence-corrected chi connectivity index (χ1v) is 1.02. The van der Waals surface area contributed by atoms with Gasteiger partial charge in [0.1, 0.15) is 0 Å². The summed E-state index contributed by atoms with van der Waals surface area (Å²) >= 11 is 0. The summed E-state index contributed by atoms with van der Waals surface area (Å²) in [6.45, 7) is 1.93. The molecule has 4 heavy (non-hydrogen) atoms. The molecule has 0 aromatic heterocycles. The molecule has 0 saturated heterocycles. The van der Waals surface area contributed by atoms with Crippen molar-refractivity contribution in [1.82, 2.24) is 0 Å². The topological polar surface area (TPSA) is 20.2 Å². The minimum atomic E-state index is 0. The van der Waals surface area contributed by atoms with Crippen LogP contribution < -0.4 is 0 Å². The van der Waals surface area contributed by atoms with Gasteiger partial charge >= 0.3 is 0 Å². The Morgan fingerprint density at radius 1 is 2.00 bits per heavy atom. The van der Waals surface area contributed by atoms with Crippen molar-refractivity contribution in [3.05, 3.63) is 0 Å². The SMILES string of the molecule is CCO.[B].[HH]. The molecule has 0 aliphatic carbocycles. The molecular weight excluding hydrogens is 50.8 g/mol. The van der Waals surface area contributed by atoms with E-state index in [-0.39, 0.29) is 16.4 Å². The fraction of sp³-hybridized carbons (Fsp3) is 1.00. The van der Waals surface area contributed by atoms with E-state index in [4.69, 9.17) is 5.11 Å². The van der Waals surface area contributed by atoms with Crippen molar-refractivity contribution in [2.45, 2.75) is 6.92 Å². The van der Waals surface area contributed by atoms with Crippen molar-refractivity contribution in [2.75, 3.05) is 6.61 Å². The predicted octanol–water partition coefficient (Wildman–Crippen LogP) is -0.136. The molecule has 0 aromatic rings. The zero-order valence-electron chi connectivity index (χ0n) is 2.73. The number of aliphatic hydroxyl groups is 1. The molecule has 0 amide bonds. The van der Waals surface area contributed by atoms with Crippen LogP contribution in [-0.2, 0) is 0 Å². The lowest BCUT2D eigenvalue weighted by Crippen LogP contribution is -1.57. The highest BCUT2D eigenvalue weighted by Crippen LogP contribution is 1.30. The van der Waals surface area contributed by atoms with E-state index in [2.05, 4.69) is 0 Å². The second kappa shape index (κ2) is 11.8. The first-order valence-electron chi connectivity index (χ1n) is 1.02. The summed E-state index contributed by atoms with van der Waals surface area (Å²) in [5.41, 5.74) is 0. The predicted molar refractivity (Wildman–Crippen MR) is 20.6 cm³/mol. The maximum absolute atomic E-state index is 7.57. The molecule has 2 heteroatoms. The number of hydrogen-bond donors (Lipinski definition) is 1. The molecular formula is C2H8BO. The van der Waals surface area contributed by atoms with E-state index in [1.54, 1.807) is 6.92 Å². The van der Waals surface area contributed by atoms with Gasteiger partial charge in [0.2, 0.25) is 0 Å². The van der Waals surface area contributed by atoms with Gasteiger partial charge in [-0.1, -0.05) is 0 Å². The van der Waals surface area contributed by atoms with Gasteiger partial charge in [0.25, 0.3) is 0 Å². The molecule has 25 valence electrons. The first-order chi connectivity index (χ1) is 1.41. The van der Waals surface area contributed by atoms with Crippen LogP contribution in [0, 0.1) is 0 Å². The van der Waals surface area contributed by atoms with Crippen LogP contribution in [0.4, 0.5) is 0 Å². The molecule has 0 aromatic carbocycles. The van der Waals surface area contributed by atoms with E-state index >= 15 is 0 Å². The Bertz CT molecular complexity index is 9.61. The van der Waals surface area contributed by atoms with E-state index in [1.807, 2.05) is 0 Å². The van der Waals surface area contributed by atoms with Crippen LogP contribution in [-0.4, -0.2) is 20.1 Å². The molecule has 0 fully saturated rings. The third-order valence-corrected chi connectivity index (χ3v) is 0. The Labute approximate surface area is 29.7 Å². The van der Waals surface area contributed by atoms with Gasteiger partial charge in [-0.05, 0) is 6.92 Å². The van der Waals surface area contributed by atoms with Crippen molar-refractivity contribution < 1.29 is 6.53 Å². The maximum atomic E-state index is 7.57. The Kier molecular flexibility index (Phi) is 26.5. The zero-order chi connectivity index (χ0) is 2.71. The fourth-order valence-corrected chi connectivity index (χ4v) is 0. The first kappa shape index (κ1) is 8.98. The van der Waals surface area contributed by atoms with Crippen LogP contribution in [0.5, 0.6) is 0 Å². The highest BCUT2D eigenvalue weighted by molar-refractivity contribution is 5.75. The van der Waals surface area contributed by atoms with Crippen molar-refractivity contribution in [3.63, 3.8) is 0 Å². The smallest absolute Gasteiger partial charge is 0.0402 e. The monoisotopic (exact) mass is 59.1 g/mol. The summed E-state index contributed by atoms with van der Waals surface area (Å²) in [6.07, 6.45) is 0. The Balaban J connectivity index is -0.0000000200. The Hall–Kier alpha value is 0.0249. The van der Waals surface area contributed by atoms with Crippen LogP contribution >= 0.6 is 0 Å². The molecule has 0 aliphatic heterocycles. The van der Waals surface area contributed by atoms with Crippen molar-refractivity contribution >= 4 is 8.41 Å².